The van der Waals surface area contributed by atoms with Gasteiger partial charge in [-0.1, -0.05) is 78.9 Å². The molecule has 2 aliphatic heterocycles. The van der Waals surface area contributed by atoms with E-state index in [-0.39, 0.29) is 24.1 Å². The smallest absolute Gasteiger partial charge is 0.410 e. The van der Waals surface area contributed by atoms with Crippen LogP contribution in [0.1, 0.15) is 53.9 Å². The van der Waals surface area contributed by atoms with Crippen LogP contribution in [0.25, 0.3) is 11.1 Å². The van der Waals surface area contributed by atoms with E-state index in [9.17, 15) is 9.90 Å². The largest absolute Gasteiger partial charge is 0.487 e. The monoisotopic (exact) mass is 532 g/mol. The number of rotatable bonds is 6. The number of amides is 1. The Hall–Kier alpha value is -4.16. The number of fused-ring (bicyclic) bond motifs is 5. The van der Waals surface area contributed by atoms with E-state index >= 15 is 0 Å². The Kier molecular flexibility index (Phi) is 6.28. The summed E-state index contributed by atoms with van der Waals surface area (Å²) in [7, 11) is 0. The van der Waals surface area contributed by atoms with Crippen LogP contribution in [-0.2, 0) is 16.9 Å². The van der Waals surface area contributed by atoms with Crippen LogP contribution in [0.3, 0.4) is 0 Å². The van der Waals surface area contributed by atoms with Gasteiger partial charge in [0.1, 0.15) is 19.0 Å². The van der Waals surface area contributed by atoms with Crippen molar-refractivity contribution in [2.75, 3.05) is 6.61 Å². The molecule has 6 nitrogen and oxygen atoms in total. The zero-order valence-electron chi connectivity index (χ0n) is 22.3. The third-order valence-corrected chi connectivity index (χ3v) is 8.81. The minimum atomic E-state index is -1.06. The van der Waals surface area contributed by atoms with Crippen LogP contribution >= 0.6 is 0 Å². The Morgan fingerprint density at radius 1 is 0.875 bits per heavy atom. The van der Waals surface area contributed by atoms with Gasteiger partial charge < -0.3 is 19.5 Å². The molecule has 40 heavy (non-hydrogen) atoms. The van der Waals surface area contributed by atoms with Crippen molar-refractivity contribution in [1.29, 1.82) is 0 Å². The van der Waals surface area contributed by atoms with Crippen LogP contribution in [0.4, 0.5) is 4.79 Å². The highest BCUT2D eigenvalue weighted by molar-refractivity contribution is 5.79. The van der Waals surface area contributed by atoms with E-state index in [1.54, 1.807) is 12.4 Å². The molecule has 202 valence electrons. The van der Waals surface area contributed by atoms with Gasteiger partial charge in [0.25, 0.3) is 0 Å². The molecule has 2 unspecified atom stereocenters. The molecule has 2 saturated heterocycles. The number of benzene rings is 3. The normalized spacial score (nSPS) is 23.0. The number of nitrogens with zero attached hydrogens (tertiary/aromatic N) is 2. The van der Waals surface area contributed by atoms with Gasteiger partial charge in [0.05, 0.1) is 11.8 Å². The van der Waals surface area contributed by atoms with Gasteiger partial charge in [-0.2, -0.15) is 0 Å². The fourth-order valence-electron chi connectivity index (χ4n) is 6.92. The lowest BCUT2D eigenvalue weighted by Gasteiger charge is -2.43. The highest BCUT2D eigenvalue weighted by Crippen LogP contribution is 2.47. The fraction of sp³-hybridized carbons (Fsp3) is 0.294. The van der Waals surface area contributed by atoms with Crippen molar-refractivity contribution in [1.82, 2.24) is 9.88 Å². The van der Waals surface area contributed by atoms with Crippen LogP contribution in [0, 0.1) is 0 Å². The quantitative estimate of drug-likeness (QED) is 0.310. The van der Waals surface area contributed by atoms with Gasteiger partial charge in [-0.05, 0) is 46.7 Å². The molecule has 3 heterocycles. The molecule has 0 radical (unpaired) electrons. The molecule has 1 aromatic heterocycles. The maximum atomic E-state index is 13.5. The maximum Gasteiger partial charge on any atom is 0.410 e. The minimum Gasteiger partial charge on any atom is -0.487 e. The standard InChI is InChI=1S/C34H32N2O4/c37-33(40-22-32-30-12-6-4-10-28(30)29-11-5-7-13-31(29)32)36-25-14-15-26(36)18-34(38,17-25)24-16-27(20-35-19-24)39-21-23-8-2-1-3-9-23/h1-13,16,19-20,25-26,32,38H,14-15,17-18,21-22H2. The highest BCUT2D eigenvalue weighted by Gasteiger charge is 2.51. The topological polar surface area (TPSA) is 71.9 Å². The van der Waals surface area contributed by atoms with Crippen molar-refractivity contribution >= 4 is 6.09 Å². The number of aliphatic hydroxyl groups is 1. The zero-order chi connectivity index (χ0) is 27.1. The van der Waals surface area contributed by atoms with Gasteiger partial charge in [0.15, 0.2) is 0 Å². The van der Waals surface area contributed by atoms with E-state index in [2.05, 4.69) is 41.4 Å². The SMILES string of the molecule is O=C(OCC1c2ccccc2-c2ccccc21)N1C2CCC1CC(O)(c1cncc(OCc3ccccc3)c1)C2. The molecule has 2 bridgehead atoms. The Labute approximate surface area is 234 Å². The Bertz CT molecular complexity index is 1480. The van der Waals surface area contributed by atoms with Crippen molar-refractivity contribution in [3.05, 3.63) is 120 Å². The van der Waals surface area contributed by atoms with Crippen LogP contribution in [0.2, 0.25) is 0 Å². The minimum absolute atomic E-state index is 0.0282. The number of carbonyl (C=O) groups excluding carboxylic acids is 1. The second-order valence-corrected chi connectivity index (χ2v) is 11.2. The Morgan fingerprint density at radius 3 is 2.17 bits per heavy atom. The number of hydrogen-bond acceptors (Lipinski definition) is 5. The van der Waals surface area contributed by atoms with Crippen molar-refractivity contribution < 1.29 is 19.4 Å². The lowest BCUT2D eigenvalue weighted by atomic mass is 9.81. The van der Waals surface area contributed by atoms with Crippen molar-refractivity contribution in [3.63, 3.8) is 0 Å². The molecule has 3 aliphatic rings. The predicted molar refractivity (Wildman–Crippen MR) is 152 cm³/mol. The molecular formula is C34H32N2O4. The van der Waals surface area contributed by atoms with Gasteiger partial charge in [0.2, 0.25) is 0 Å². The summed E-state index contributed by atoms with van der Waals surface area (Å²) < 4.78 is 12.0. The summed E-state index contributed by atoms with van der Waals surface area (Å²) in [4.78, 5) is 19.7. The lowest BCUT2D eigenvalue weighted by Crippen LogP contribution is -2.52. The van der Waals surface area contributed by atoms with E-state index in [0.29, 0.717) is 31.8 Å². The summed E-state index contributed by atoms with van der Waals surface area (Å²) in [6, 6.07) is 28.4. The summed E-state index contributed by atoms with van der Waals surface area (Å²) in [6.45, 7) is 0.739. The summed E-state index contributed by atoms with van der Waals surface area (Å²) in [5.41, 5.74) is 5.58. The number of ether oxygens (including phenoxy) is 2. The average molecular weight is 533 g/mol. The molecule has 0 saturated carbocycles. The van der Waals surface area contributed by atoms with Gasteiger partial charge in [0, 0.05) is 42.6 Å². The number of pyridine rings is 1. The van der Waals surface area contributed by atoms with Crippen LogP contribution in [0.5, 0.6) is 5.75 Å². The van der Waals surface area contributed by atoms with Crippen molar-refractivity contribution in [2.45, 2.75) is 55.9 Å². The second kappa shape index (κ2) is 10.1. The first kappa shape index (κ1) is 24.9. The molecule has 1 aliphatic carbocycles. The van der Waals surface area contributed by atoms with Crippen molar-refractivity contribution in [2.24, 2.45) is 0 Å². The molecule has 1 amide bonds. The first-order chi connectivity index (χ1) is 19.6. The third-order valence-electron chi connectivity index (χ3n) is 8.81. The summed E-state index contributed by atoms with van der Waals surface area (Å²) in [5.74, 6) is 0.654. The third kappa shape index (κ3) is 4.42. The van der Waals surface area contributed by atoms with E-state index in [4.69, 9.17) is 9.47 Å². The van der Waals surface area contributed by atoms with Crippen LogP contribution < -0.4 is 4.74 Å². The van der Waals surface area contributed by atoms with E-state index in [0.717, 1.165) is 24.0 Å². The summed E-state index contributed by atoms with van der Waals surface area (Å²) in [6.07, 6.45) is 5.74. The van der Waals surface area contributed by atoms with Crippen LogP contribution in [0.15, 0.2) is 97.3 Å². The first-order valence-electron chi connectivity index (χ1n) is 14.1. The van der Waals surface area contributed by atoms with E-state index in [1.807, 2.05) is 53.4 Å². The lowest BCUT2D eigenvalue weighted by molar-refractivity contribution is -0.0534. The van der Waals surface area contributed by atoms with Crippen molar-refractivity contribution in [3.8, 4) is 16.9 Å². The molecule has 0 spiro atoms. The van der Waals surface area contributed by atoms with E-state index < -0.39 is 5.60 Å². The second-order valence-electron chi connectivity index (χ2n) is 11.2. The highest BCUT2D eigenvalue weighted by atomic mass is 16.6. The van der Waals surface area contributed by atoms with Gasteiger partial charge in [-0.3, -0.25) is 4.98 Å². The molecule has 1 N–H and O–H groups in total. The predicted octanol–water partition coefficient (Wildman–Crippen LogP) is 6.42. The Balaban J connectivity index is 1.03. The number of hydrogen-bond donors (Lipinski definition) is 1. The van der Waals surface area contributed by atoms with E-state index in [1.165, 1.54) is 22.3 Å². The molecule has 6 heteroatoms. The molecular weight excluding hydrogens is 500 g/mol. The molecule has 2 fully saturated rings. The zero-order valence-corrected chi connectivity index (χ0v) is 22.3. The van der Waals surface area contributed by atoms with Gasteiger partial charge in [-0.15, -0.1) is 0 Å². The summed E-state index contributed by atoms with van der Waals surface area (Å²) in [5, 5.41) is 11.8. The number of carbonyl (C=O) groups is 1. The molecule has 3 aromatic carbocycles. The molecule has 7 rings (SSSR count). The maximum absolute atomic E-state index is 13.5. The number of piperidine rings is 1. The van der Waals surface area contributed by atoms with Crippen LogP contribution in [-0.4, -0.2) is 39.8 Å². The molecule has 4 aromatic rings. The summed E-state index contributed by atoms with van der Waals surface area (Å²) >= 11 is 0. The number of aromatic nitrogens is 1. The average Bonchev–Trinajstić information content (AvgIpc) is 3.47. The Morgan fingerprint density at radius 2 is 1.50 bits per heavy atom. The van der Waals surface area contributed by atoms with Gasteiger partial charge >= 0.3 is 6.09 Å². The molecule has 2 atom stereocenters. The fourth-order valence-corrected chi connectivity index (χ4v) is 6.92. The van der Waals surface area contributed by atoms with Gasteiger partial charge in [-0.25, -0.2) is 4.79 Å². The first-order valence-corrected chi connectivity index (χ1v) is 14.1.